The van der Waals surface area contributed by atoms with Gasteiger partial charge >= 0.3 is 5.97 Å². The van der Waals surface area contributed by atoms with Crippen molar-refractivity contribution in [1.82, 2.24) is 0 Å². The first-order valence-electron chi connectivity index (χ1n) is 10.2. The fourth-order valence-electron chi connectivity index (χ4n) is 3.89. The van der Waals surface area contributed by atoms with Crippen molar-refractivity contribution in [2.75, 3.05) is 0 Å². The first kappa shape index (κ1) is 21.4. The van der Waals surface area contributed by atoms with Gasteiger partial charge < -0.3 is 4.74 Å². The van der Waals surface area contributed by atoms with Crippen molar-refractivity contribution in [1.29, 1.82) is 0 Å². The third kappa shape index (κ3) is 5.31. The van der Waals surface area contributed by atoms with E-state index in [9.17, 15) is 9.59 Å². The van der Waals surface area contributed by atoms with E-state index >= 15 is 0 Å². The minimum absolute atomic E-state index is 0.0719. The third-order valence-corrected chi connectivity index (χ3v) is 5.44. The van der Waals surface area contributed by atoms with Gasteiger partial charge in [0.05, 0.1) is 11.5 Å². The van der Waals surface area contributed by atoms with Gasteiger partial charge in [-0.15, -0.1) is 0 Å². The van der Waals surface area contributed by atoms with Crippen LogP contribution in [0, 0.1) is 25.2 Å². The van der Waals surface area contributed by atoms with Crippen LogP contribution in [0.3, 0.4) is 0 Å². The summed E-state index contributed by atoms with van der Waals surface area (Å²) >= 11 is 0. The average molecular weight is 371 g/mol. The number of unbranched alkanes of at least 4 members (excludes halogenated alkanes) is 1. The number of ketones is 1. The summed E-state index contributed by atoms with van der Waals surface area (Å²) in [5.41, 5.74) is 3.50. The van der Waals surface area contributed by atoms with Crippen LogP contribution in [0.5, 0.6) is 0 Å². The highest BCUT2D eigenvalue weighted by Crippen LogP contribution is 2.42. The predicted molar refractivity (Wildman–Crippen MR) is 110 cm³/mol. The van der Waals surface area contributed by atoms with Gasteiger partial charge in [-0.25, -0.2) is 0 Å². The number of rotatable bonds is 7. The van der Waals surface area contributed by atoms with Crippen molar-refractivity contribution in [3.63, 3.8) is 0 Å². The standard InChI is InChI=1S/C24H34O3/c1-7-9-10-18(8-2)23(26)27-21-15-24(5,6)14-20(25)22(21)19-12-11-16(3)13-17(19)4/h11-13,18H,7-10,14-15H2,1-6H3. The maximum absolute atomic E-state index is 13.0. The highest BCUT2D eigenvalue weighted by Gasteiger charge is 2.36. The van der Waals surface area contributed by atoms with Crippen LogP contribution in [0.2, 0.25) is 0 Å². The Morgan fingerprint density at radius 2 is 1.89 bits per heavy atom. The van der Waals surface area contributed by atoms with Gasteiger partial charge in [-0.3, -0.25) is 9.59 Å². The smallest absolute Gasteiger partial charge is 0.314 e. The highest BCUT2D eigenvalue weighted by molar-refractivity contribution is 6.22. The van der Waals surface area contributed by atoms with E-state index in [-0.39, 0.29) is 23.1 Å². The summed E-state index contributed by atoms with van der Waals surface area (Å²) in [5.74, 6) is 0.345. The maximum Gasteiger partial charge on any atom is 0.314 e. The Morgan fingerprint density at radius 1 is 1.19 bits per heavy atom. The summed E-state index contributed by atoms with van der Waals surface area (Å²) < 4.78 is 5.92. The Bertz CT molecular complexity index is 740. The van der Waals surface area contributed by atoms with E-state index in [1.807, 2.05) is 32.9 Å². The molecular formula is C24H34O3. The van der Waals surface area contributed by atoms with Gasteiger partial charge in [0.1, 0.15) is 5.76 Å². The minimum Gasteiger partial charge on any atom is -0.430 e. The quantitative estimate of drug-likeness (QED) is 0.540. The number of allylic oxidation sites excluding steroid dienone is 2. The van der Waals surface area contributed by atoms with Crippen molar-refractivity contribution >= 4 is 17.3 Å². The van der Waals surface area contributed by atoms with E-state index in [0.29, 0.717) is 24.2 Å². The van der Waals surface area contributed by atoms with Crippen LogP contribution in [0.15, 0.2) is 24.0 Å². The largest absolute Gasteiger partial charge is 0.430 e. The molecule has 0 radical (unpaired) electrons. The van der Waals surface area contributed by atoms with Crippen LogP contribution in [0.25, 0.3) is 5.57 Å². The molecule has 1 unspecified atom stereocenters. The number of carbonyl (C=O) groups is 2. The number of ether oxygens (including phenoxy) is 1. The summed E-state index contributed by atoms with van der Waals surface area (Å²) in [4.78, 5) is 25.8. The summed E-state index contributed by atoms with van der Waals surface area (Å²) in [6, 6.07) is 6.07. The van der Waals surface area contributed by atoms with E-state index in [1.54, 1.807) is 0 Å². The molecule has 0 saturated heterocycles. The molecule has 1 atom stereocenters. The number of hydrogen-bond donors (Lipinski definition) is 0. The van der Waals surface area contributed by atoms with Crippen LogP contribution in [0.4, 0.5) is 0 Å². The summed E-state index contributed by atoms with van der Waals surface area (Å²) in [6.07, 6.45) is 4.77. The van der Waals surface area contributed by atoms with Crippen molar-refractivity contribution < 1.29 is 14.3 Å². The van der Waals surface area contributed by atoms with E-state index in [0.717, 1.165) is 42.4 Å². The van der Waals surface area contributed by atoms with Crippen LogP contribution in [-0.4, -0.2) is 11.8 Å². The molecule has 2 rings (SSSR count). The van der Waals surface area contributed by atoms with Crippen molar-refractivity contribution in [2.24, 2.45) is 11.3 Å². The highest BCUT2D eigenvalue weighted by atomic mass is 16.5. The molecule has 0 aromatic heterocycles. The molecule has 1 aromatic rings. The number of benzene rings is 1. The molecule has 0 N–H and O–H groups in total. The molecule has 1 aliphatic rings. The number of esters is 1. The molecule has 0 heterocycles. The second-order valence-electron chi connectivity index (χ2n) is 8.73. The fraction of sp³-hybridized carbons (Fsp3) is 0.583. The molecule has 0 spiro atoms. The second-order valence-corrected chi connectivity index (χ2v) is 8.73. The molecule has 0 saturated carbocycles. The minimum atomic E-state index is -0.195. The lowest BCUT2D eigenvalue weighted by molar-refractivity contribution is -0.145. The van der Waals surface area contributed by atoms with Gasteiger partial charge in [0.2, 0.25) is 0 Å². The monoisotopic (exact) mass is 370 g/mol. The third-order valence-electron chi connectivity index (χ3n) is 5.44. The van der Waals surface area contributed by atoms with Crippen LogP contribution in [-0.2, 0) is 14.3 Å². The fourth-order valence-corrected chi connectivity index (χ4v) is 3.89. The lowest BCUT2D eigenvalue weighted by Gasteiger charge is -2.32. The maximum atomic E-state index is 13.0. The lowest BCUT2D eigenvalue weighted by atomic mass is 9.74. The number of hydrogen-bond acceptors (Lipinski definition) is 3. The molecular weight excluding hydrogens is 336 g/mol. The van der Waals surface area contributed by atoms with Gasteiger partial charge in [-0.2, -0.15) is 0 Å². The summed E-state index contributed by atoms with van der Waals surface area (Å²) in [5, 5.41) is 0. The van der Waals surface area contributed by atoms with Crippen LogP contribution >= 0.6 is 0 Å². The molecule has 0 fully saturated rings. The van der Waals surface area contributed by atoms with Gasteiger partial charge in [0, 0.05) is 12.8 Å². The van der Waals surface area contributed by atoms with E-state index < -0.39 is 0 Å². The zero-order valence-electron chi connectivity index (χ0n) is 17.8. The van der Waals surface area contributed by atoms with Gasteiger partial charge in [-0.1, -0.05) is 64.3 Å². The normalized spacial score (nSPS) is 17.8. The zero-order chi connectivity index (χ0) is 20.2. The molecule has 1 aromatic carbocycles. The zero-order valence-corrected chi connectivity index (χ0v) is 17.8. The summed E-state index contributed by atoms with van der Waals surface area (Å²) in [6.45, 7) is 12.3. The van der Waals surface area contributed by atoms with Gasteiger partial charge in [0.15, 0.2) is 5.78 Å². The molecule has 27 heavy (non-hydrogen) atoms. The van der Waals surface area contributed by atoms with Crippen molar-refractivity contribution in [2.45, 2.75) is 80.1 Å². The van der Waals surface area contributed by atoms with E-state index in [4.69, 9.17) is 4.74 Å². The Labute approximate surface area is 164 Å². The predicted octanol–water partition coefficient (Wildman–Crippen LogP) is 6.16. The Morgan fingerprint density at radius 3 is 2.48 bits per heavy atom. The number of aryl methyl sites for hydroxylation is 2. The number of Topliss-reactive ketones (excluding diaryl/α,β-unsaturated/α-hetero) is 1. The Balaban J connectivity index is 2.44. The van der Waals surface area contributed by atoms with E-state index in [2.05, 4.69) is 26.8 Å². The molecule has 0 aliphatic heterocycles. The molecule has 3 nitrogen and oxygen atoms in total. The second kappa shape index (κ2) is 8.86. The van der Waals surface area contributed by atoms with E-state index in [1.165, 1.54) is 0 Å². The van der Waals surface area contributed by atoms with Crippen LogP contribution in [0.1, 0.15) is 82.9 Å². The first-order chi connectivity index (χ1) is 12.7. The van der Waals surface area contributed by atoms with Crippen LogP contribution < -0.4 is 0 Å². The first-order valence-corrected chi connectivity index (χ1v) is 10.2. The molecule has 3 heteroatoms. The Kier molecular flexibility index (Phi) is 7.02. The lowest BCUT2D eigenvalue weighted by Crippen LogP contribution is -2.28. The van der Waals surface area contributed by atoms with Crippen molar-refractivity contribution in [3.05, 3.63) is 40.6 Å². The van der Waals surface area contributed by atoms with Crippen molar-refractivity contribution in [3.8, 4) is 0 Å². The molecule has 0 bridgehead atoms. The average Bonchev–Trinajstić information content (AvgIpc) is 2.56. The SMILES string of the molecule is CCCCC(CC)C(=O)OC1=C(c2ccc(C)cc2C)C(=O)CC(C)(C)C1. The molecule has 148 valence electrons. The van der Waals surface area contributed by atoms with Gasteiger partial charge in [-0.05, 0) is 43.2 Å². The van der Waals surface area contributed by atoms with Gasteiger partial charge in [0.25, 0.3) is 0 Å². The summed E-state index contributed by atoms with van der Waals surface area (Å²) in [7, 11) is 0. The molecule has 0 amide bonds. The topological polar surface area (TPSA) is 43.4 Å². The Hall–Kier alpha value is -1.90. The molecule has 1 aliphatic carbocycles. The number of carbonyl (C=O) groups excluding carboxylic acids is 2.